The van der Waals surface area contributed by atoms with Crippen LogP contribution in [0.15, 0.2) is 42.5 Å². The first-order valence-corrected chi connectivity index (χ1v) is 5.92. The van der Waals surface area contributed by atoms with E-state index in [4.69, 9.17) is 0 Å². The van der Waals surface area contributed by atoms with E-state index < -0.39 is 41.1 Å². The number of carbonyl (C=O) groups is 1. The number of hydrogen-bond donors (Lipinski definition) is 0. The number of hydrogen-bond acceptors (Lipinski definition) is 1. The zero-order valence-corrected chi connectivity index (χ0v) is 10.5. The molecule has 0 heterocycles. The summed E-state index contributed by atoms with van der Waals surface area (Å²) in [6, 6.07) is 6.85. The van der Waals surface area contributed by atoms with Crippen LogP contribution in [0.2, 0.25) is 0 Å². The Morgan fingerprint density at radius 1 is 1.00 bits per heavy atom. The molecule has 6 heteroatoms. The molecule has 0 aliphatic rings. The number of rotatable bonds is 3. The second-order valence-corrected chi connectivity index (χ2v) is 4.38. The Kier molecular flexibility index (Phi) is 4.06. The number of carbonyl (C=O) groups excluding carboxylic acids is 1. The van der Waals surface area contributed by atoms with Crippen molar-refractivity contribution in [3.05, 3.63) is 70.8 Å². The summed E-state index contributed by atoms with van der Waals surface area (Å²) in [7, 11) is 0. The van der Waals surface area contributed by atoms with Gasteiger partial charge < -0.3 is 0 Å². The molecule has 0 aliphatic heterocycles. The van der Waals surface area contributed by atoms with Crippen LogP contribution in [0.5, 0.6) is 0 Å². The summed E-state index contributed by atoms with van der Waals surface area (Å²) in [5, 5.41) is 0. The van der Waals surface area contributed by atoms with Gasteiger partial charge in [0.25, 0.3) is 0 Å². The van der Waals surface area contributed by atoms with Crippen molar-refractivity contribution in [1.82, 2.24) is 0 Å². The predicted molar refractivity (Wildman–Crippen MR) is 65.8 cm³/mol. The van der Waals surface area contributed by atoms with E-state index in [2.05, 4.69) is 0 Å². The molecule has 1 nitrogen and oxygen atoms in total. The molecule has 0 fully saturated rings. The van der Waals surface area contributed by atoms with E-state index in [1.165, 1.54) is 6.07 Å². The molecule has 0 spiro atoms. The maximum Gasteiger partial charge on any atom is 0.417 e. The number of alkyl halides is 3. The van der Waals surface area contributed by atoms with Crippen molar-refractivity contribution in [1.29, 1.82) is 0 Å². The van der Waals surface area contributed by atoms with Crippen LogP contribution in [0.3, 0.4) is 0 Å². The van der Waals surface area contributed by atoms with Gasteiger partial charge in [0, 0.05) is 18.1 Å². The largest absolute Gasteiger partial charge is 0.417 e. The van der Waals surface area contributed by atoms with Gasteiger partial charge in [0.15, 0.2) is 5.78 Å². The highest BCUT2D eigenvalue weighted by Crippen LogP contribution is 2.32. The SMILES string of the molecule is O=C(Cc1ccc(F)cc1F)c1ccccc1C(F)(F)F. The monoisotopic (exact) mass is 300 g/mol. The minimum absolute atomic E-state index is 0.154. The highest BCUT2D eigenvalue weighted by atomic mass is 19.4. The zero-order valence-electron chi connectivity index (χ0n) is 10.5. The van der Waals surface area contributed by atoms with Crippen molar-refractivity contribution in [2.75, 3.05) is 0 Å². The van der Waals surface area contributed by atoms with E-state index in [-0.39, 0.29) is 5.56 Å². The molecule has 21 heavy (non-hydrogen) atoms. The van der Waals surface area contributed by atoms with E-state index in [1.54, 1.807) is 0 Å². The Labute approximate surface area is 117 Å². The summed E-state index contributed by atoms with van der Waals surface area (Å²) in [5.74, 6) is -2.67. The topological polar surface area (TPSA) is 17.1 Å². The molecule has 0 radical (unpaired) electrons. The first-order chi connectivity index (χ1) is 9.79. The van der Waals surface area contributed by atoms with Gasteiger partial charge in [0.05, 0.1) is 5.56 Å². The van der Waals surface area contributed by atoms with Crippen molar-refractivity contribution in [3.8, 4) is 0 Å². The minimum atomic E-state index is -4.67. The quantitative estimate of drug-likeness (QED) is 0.606. The molecular weight excluding hydrogens is 291 g/mol. The van der Waals surface area contributed by atoms with Gasteiger partial charge in [0.1, 0.15) is 11.6 Å². The fraction of sp³-hybridized carbons (Fsp3) is 0.133. The van der Waals surface area contributed by atoms with E-state index in [9.17, 15) is 26.7 Å². The summed E-state index contributed by atoms with van der Waals surface area (Å²) >= 11 is 0. The molecule has 0 bridgehead atoms. The van der Waals surface area contributed by atoms with Crippen LogP contribution >= 0.6 is 0 Å². The van der Waals surface area contributed by atoms with Gasteiger partial charge in [-0.2, -0.15) is 13.2 Å². The van der Waals surface area contributed by atoms with Crippen LogP contribution in [0.1, 0.15) is 21.5 Å². The van der Waals surface area contributed by atoms with Gasteiger partial charge in [-0.3, -0.25) is 4.79 Å². The number of benzene rings is 2. The van der Waals surface area contributed by atoms with Crippen LogP contribution in [-0.2, 0) is 12.6 Å². The van der Waals surface area contributed by atoms with Gasteiger partial charge in [-0.05, 0) is 17.7 Å². The van der Waals surface area contributed by atoms with Gasteiger partial charge in [0.2, 0.25) is 0 Å². The number of halogens is 5. The Morgan fingerprint density at radius 3 is 2.29 bits per heavy atom. The Morgan fingerprint density at radius 2 is 1.67 bits per heavy atom. The van der Waals surface area contributed by atoms with Crippen molar-refractivity contribution < 1.29 is 26.7 Å². The summed E-state index contributed by atoms with van der Waals surface area (Å²) in [6.45, 7) is 0. The summed E-state index contributed by atoms with van der Waals surface area (Å²) in [6.07, 6.45) is -5.24. The van der Waals surface area contributed by atoms with Crippen molar-refractivity contribution in [2.45, 2.75) is 12.6 Å². The molecule has 2 rings (SSSR count). The molecule has 0 saturated carbocycles. The third-order valence-corrected chi connectivity index (χ3v) is 2.90. The van der Waals surface area contributed by atoms with Crippen LogP contribution in [0.25, 0.3) is 0 Å². The first-order valence-electron chi connectivity index (χ1n) is 5.92. The highest BCUT2D eigenvalue weighted by Gasteiger charge is 2.34. The van der Waals surface area contributed by atoms with Gasteiger partial charge in [-0.15, -0.1) is 0 Å². The second-order valence-electron chi connectivity index (χ2n) is 4.38. The maximum absolute atomic E-state index is 13.4. The van der Waals surface area contributed by atoms with Crippen LogP contribution in [0.4, 0.5) is 22.0 Å². The molecule has 110 valence electrons. The van der Waals surface area contributed by atoms with Crippen LogP contribution < -0.4 is 0 Å². The highest BCUT2D eigenvalue weighted by molar-refractivity contribution is 5.99. The molecule has 2 aromatic rings. The van der Waals surface area contributed by atoms with E-state index in [0.717, 1.165) is 30.3 Å². The summed E-state index contributed by atoms with van der Waals surface area (Å²) in [4.78, 5) is 12.0. The van der Waals surface area contributed by atoms with Gasteiger partial charge in [-0.25, -0.2) is 8.78 Å². The summed E-state index contributed by atoms with van der Waals surface area (Å²) in [5.41, 5.74) is -1.76. The lowest BCUT2D eigenvalue weighted by Crippen LogP contribution is -2.14. The number of Topliss-reactive ketones (excluding diaryl/α,β-unsaturated/α-hetero) is 1. The predicted octanol–water partition coefficient (Wildman–Crippen LogP) is 4.41. The maximum atomic E-state index is 13.4. The molecule has 0 saturated heterocycles. The molecule has 0 amide bonds. The third kappa shape index (κ3) is 3.45. The van der Waals surface area contributed by atoms with E-state index >= 15 is 0 Å². The number of ketones is 1. The van der Waals surface area contributed by atoms with Crippen molar-refractivity contribution >= 4 is 5.78 Å². The Bertz CT molecular complexity index is 676. The second kappa shape index (κ2) is 5.63. The first kappa shape index (κ1) is 15.2. The van der Waals surface area contributed by atoms with Gasteiger partial charge in [-0.1, -0.05) is 24.3 Å². The molecule has 0 N–H and O–H groups in total. The lowest BCUT2D eigenvalue weighted by atomic mass is 9.98. The smallest absolute Gasteiger partial charge is 0.294 e. The third-order valence-electron chi connectivity index (χ3n) is 2.90. The normalized spacial score (nSPS) is 11.5. The standard InChI is InChI=1S/C15H9F5O/c16-10-6-5-9(13(17)8-10)7-14(21)11-3-1-2-4-12(11)15(18,19)20/h1-6,8H,7H2. The van der Waals surface area contributed by atoms with Crippen molar-refractivity contribution in [3.63, 3.8) is 0 Å². The van der Waals surface area contributed by atoms with E-state index in [0.29, 0.717) is 6.07 Å². The average molecular weight is 300 g/mol. The average Bonchev–Trinajstić information content (AvgIpc) is 2.41. The fourth-order valence-corrected chi connectivity index (χ4v) is 1.91. The minimum Gasteiger partial charge on any atom is -0.294 e. The summed E-state index contributed by atoms with van der Waals surface area (Å²) < 4.78 is 64.6. The molecule has 2 aromatic carbocycles. The Balaban J connectivity index is 2.33. The lowest BCUT2D eigenvalue weighted by Gasteiger charge is -2.12. The van der Waals surface area contributed by atoms with Crippen LogP contribution in [-0.4, -0.2) is 5.78 Å². The van der Waals surface area contributed by atoms with E-state index in [1.807, 2.05) is 0 Å². The lowest BCUT2D eigenvalue weighted by molar-refractivity contribution is -0.137. The molecule has 0 unspecified atom stereocenters. The fourth-order valence-electron chi connectivity index (χ4n) is 1.91. The molecule has 0 atom stereocenters. The molecule has 0 aromatic heterocycles. The molecular formula is C15H9F5O. The van der Waals surface area contributed by atoms with Crippen LogP contribution in [0, 0.1) is 11.6 Å². The van der Waals surface area contributed by atoms with Crippen molar-refractivity contribution in [2.24, 2.45) is 0 Å². The molecule has 0 aliphatic carbocycles. The van der Waals surface area contributed by atoms with Gasteiger partial charge >= 0.3 is 6.18 Å². The Hall–Kier alpha value is -2.24. The zero-order chi connectivity index (χ0) is 15.6.